The first kappa shape index (κ1) is 21.4. The van der Waals surface area contributed by atoms with Crippen molar-refractivity contribution in [2.75, 3.05) is 10.2 Å². The fourth-order valence-electron chi connectivity index (χ4n) is 4.43. The molecule has 0 aromatic heterocycles. The van der Waals surface area contributed by atoms with Gasteiger partial charge in [-0.25, -0.2) is 0 Å². The minimum atomic E-state index is -0.764. The smallest absolute Gasteiger partial charge is 0.242 e. The molecule has 1 aliphatic carbocycles. The van der Waals surface area contributed by atoms with Gasteiger partial charge in [0.2, 0.25) is 5.91 Å². The molecule has 1 N–H and O–H groups in total. The minimum absolute atomic E-state index is 0.0441. The summed E-state index contributed by atoms with van der Waals surface area (Å²) in [4.78, 5) is 28.2. The monoisotopic (exact) mass is 453 g/mol. The summed E-state index contributed by atoms with van der Waals surface area (Å²) in [6.45, 7) is 4.10. The number of hydrogen-bond acceptors (Lipinski definition) is 4. The van der Waals surface area contributed by atoms with Crippen LogP contribution in [0.5, 0.6) is 0 Å². The third kappa shape index (κ3) is 3.94. The summed E-state index contributed by atoms with van der Waals surface area (Å²) in [5, 5.41) is 13.5. The Morgan fingerprint density at radius 3 is 2.68 bits per heavy atom. The topological polar surface area (TPSA) is 73.2 Å². The standard InChI is InChI=1S/C24H21Cl2N3O2/c1-24(2)12-18-22(20(30)13-24)23(15-8-7-14(25)11-16(15)26)29(21(31)9-10-27)19-6-4-3-5-17(19)28-18/h3-8,11,23,28H,9,12-13H2,1-2H3. The van der Waals surface area contributed by atoms with Crippen LogP contribution in [-0.2, 0) is 9.59 Å². The number of carbonyl (C=O) groups is 2. The largest absolute Gasteiger partial charge is 0.357 e. The molecule has 0 spiro atoms. The van der Waals surface area contributed by atoms with E-state index in [0.29, 0.717) is 45.4 Å². The van der Waals surface area contributed by atoms with Crippen LogP contribution in [0, 0.1) is 16.7 Å². The molecule has 31 heavy (non-hydrogen) atoms. The molecular weight excluding hydrogens is 433 g/mol. The van der Waals surface area contributed by atoms with E-state index in [1.54, 1.807) is 18.2 Å². The third-order valence-electron chi connectivity index (χ3n) is 5.66. The molecule has 1 aliphatic heterocycles. The van der Waals surface area contributed by atoms with Crippen LogP contribution in [0.1, 0.15) is 44.7 Å². The lowest BCUT2D eigenvalue weighted by Crippen LogP contribution is -2.39. The van der Waals surface area contributed by atoms with Crippen LogP contribution in [0.15, 0.2) is 53.7 Å². The van der Waals surface area contributed by atoms with E-state index in [2.05, 4.69) is 19.2 Å². The number of rotatable bonds is 2. The van der Waals surface area contributed by atoms with E-state index in [1.807, 2.05) is 30.3 Å². The van der Waals surface area contributed by atoms with E-state index in [-0.39, 0.29) is 17.6 Å². The normalized spacial score (nSPS) is 19.6. The highest BCUT2D eigenvalue weighted by molar-refractivity contribution is 6.35. The number of fused-ring (bicyclic) bond motifs is 1. The Hall–Kier alpha value is -2.81. The fraction of sp³-hybridized carbons (Fsp3) is 0.292. The number of benzene rings is 2. The van der Waals surface area contributed by atoms with E-state index in [0.717, 1.165) is 5.70 Å². The Labute approximate surface area is 191 Å². The molecular formula is C24H21Cl2N3O2. The Morgan fingerprint density at radius 2 is 1.97 bits per heavy atom. The first-order valence-corrected chi connectivity index (χ1v) is 10.7. The average molecular weight is 454 g/mol. The maximum atomic E-state index is 13.5. The highest BCUT2D eigenvalue weighted by atomic mass is 35.5. The van der Waals surface area contributed by atoms with Crippen molar-refractivity contribution >= 4 is 46.3 Å². The van der Waals surface area contributed by atoms with Crippen molar-refractivity contribution in [1.29, 1.82) is 5.26 Å². The van der Waals surface area contributed by atoms with Crippen molar-refractivity contribution in [1.82, 2.24) is 0 Å². The first-order valence-electron chi connectivity index (χ1n) is 9.98. The maximum absolute atomic E-state index is 13.5. The molecule has 0 saturated heterocycles. The lowest BCUT2D eigenvalue weighted by Gasteiger charge is -2.37. The van der Waals surface area contributed by atoms with Gasteiger partial charge in [0, 0.05) is 27.7 Å². The minimum Gasteiger partial charge on any atom is -0.357 e. The summed E-state index contributed by atoms with van der Waals surface area (Å²) in [6.07, 6.45) is 0.675. The number of nitrogens with one attached hydrogen (secondary N) is 1. The second-order valence-corrected chi connectivity index (χ2v) is 9.49. The van der Waals surface area contributed by atoms with Gasteiger partial charge in [-0.15, -0.1) is 0 Å². The molecule has 1 unspecified atom stereocenters. The summed E-state index contributed by atoms with van der Waals surface area (Å²) >= 11 is 12.7. The summed E-state index contributed by atoms with van der Waals surface area (Å²) in [5.74, 6) is -0.448. The number of anilines is 2. The Bertz CT molecular complexity index is 1160. The molecule has 2 aliphatic rings. The zero-order valence-electron chi connectivity index (χ0n) is 17.2. The number of allylic oxidation sites excluding steroid dienone is 1. The molecule has 2 aromatic rings. The molecule has 5 nitrogen and oxygen atoms in total. The number of nitriles is 1. The van der Waals surface area contributed by atoms with Crippen LogP contribution in [0.2, 0.25) is 10.0 Å². The van der Waals surface area contributed by atoms with E-state index in [9.17, 15) is 14.9 Å². The number of nitrogens with zero attached hydrogens (tertiary/aromatic N) is 2. The second-order valence-electron chi connectivity index (χ2n) is 8.64. The number of ketones is 1. The molecule has 1 heterocycles. The van der Waals surface area contributed by atoms with Crippen molar-refractivity contribution < 1.29 is 9.59 Å². The van der Waals surface area contributed by atoms with Gasteiger partial charge in [0.15, 0.2) is 5.78 Å². The van der Waals surface area contributed by atoms with E-state index < -0.39 is 11.9 Å². The fourth-order valence-corrected chi connectivity index (χ4v) is 4.94. The number of para-hydroxylation sites is 2. The summed E-state index contributed by atoms with van der Waals surface area (Å²) < 4.78 is 0. The van der Waals surface area contributed by atoms with Gasteiger partial charge in [0.25, 0.3) is 0 Å². The number of Topliss-reactive ketones (excluding diaryl/α,β-unsaturated/α-hetero) is 1. The lowest BCUT2D eigenvalue weighted by molar-refractivity contribution is -0.119. The predicted molar refractivity (Wildman–Crippen MR) is 122 cm³/mol. The molecule has 0 fully saturated rings. The molecule has 1 atom stereocenters. The number of amides is 1. The van der Waals surface area contributed by atoms with Crippen LogP contribution in [0.25, 0.3) is 0 Å². The van der Waals surface area contributed by atoms with Crippen molar-refractivity contribution in [2.45, 2.75) is 39.2 Å². The van der Waals surface area contributed by atoms with E-state index in [4.69, 9.17) is 23.2 Å². The van der Waals surface area contributed by atoms with Crippen LogP contribution in [0.4, 0.5) is 11.4 Å². The van der Waals surface area contributed by atoms with E-state index in [1.165, 1.54) is 4.90 Å². The van der Waals surface area contributed by atoms with Gasteiger partial charge in [-0.05, 0) is 41.7 Å². The quantitative estimate of drug-likeness (QED) is 0.600. The number of carbonyl (C=O) groups excluding carboxylic acids is 2. The first-order chi connectivity index (χ1) is 14.7. The average Bonchev–Trinajstić information content (AvgIpc) is 2.81. The van der Waals surface area contributed by atoms with Gasteiger partial charge in [-0.2, -0.15) is 5.26 Å². The van der Waals surface area contributed by atoms with Gasteiger partial charge in [-0.3, -0.25) is 14.5 Å². The van der Waals surface area contributed by atoms with Crippen LogP contribution in [-0.4, -0.2) is 11.7 Å². The molecule has 0 saturated carbocycles. The van der Waals surface area contributed by atoms with Gasteiger partial charge in [-0.1, -0.05) is 55.2 Å². The molecule has 4 rings (SSSR count). The van der Waals surface area contributed by atoms with Crippen LogP contribution < -0.4 is 10.2 Å². The highest BCUT2D eigenvalue weighted by Crippen LogP contribution is 2.49. The SMILES string of the molecule is CC1(C)CC(=O)C2=C(C1)Nc1ccccc1N(C(=O)CC#N)C2c1ccc(Cl)cc1Cl. The van der Waals surface area contributed by atoms with Crippen molar-refractivity contribution in [3.8, 4) is 6.07 Å². The van der Waals surface area contributed by atoms with Gasteiger partial charge < -0.3 is 5.32 Å². The Balaban J connectivity index is 2.04. The Kier molecular flexibility index (Phi) is 5.55. The van der Waals surface area contributed by atoms with E-state index >= 15 is 0 Å². The number of hydrogen-bond donors (Lipinski definition) is 1. The highest BCUT2D eigenvalue weighted by Gasteiger charge is 2.43. The van der Waals surface area contributed by atoms with Crippen molar-refractivity contribution in [3.05, 3.63) is 69.3 Å². The molecule has 2 aromatic carbocycles. The molecule has 158 valence electrons. The zero-order valence-corrected chi connectivity index (χ0v) is 18.7. The van der Waals surface area contributed by atoms with Crippen LogP contribution >= 0.6 is 23.2 Å². The molecule has 0 bridgehead atoms. The third-order valence-corrected chi connectivity index (χ3v) is 6.22. The van der Waals surface area contributed by atoms with Crippen molar-refractivity contribution in [2.24, 2.45) is 5.41 Å². The summed E-state index contributed by atoms with van der Waals surface area (Å²) in [7, 11) is 0. The summed E-state index contributed by atoms with van der Waals surface area (Å²) in [6, 6.07) is 13.6. The van der Waals surface area contributed by atoms with Gasteiger partial charge in [0.05, 0.1) is 23.5 Å². The van der Waals surface area contributed by atoms with Crippen LogP contribution in [0.3, 0.4) is 0 Å². The summed E-state index contributed by atoms with van der Waals surface area (Å²) in [5.41, 5.74) is 2.95. The maximum Gasteiger partial charge on any atom is 0.242 e. The van der Waals surface area contributed by atoms with Gasteiger partial charge in [0.1, 0.15) is 6.42 Å². The van der Waals surface area contributed by atoms with Crippen molar-refractivity contribution in [3.63, 3.8) is 0 Å². The number of halogens is 2. The second kappa shape index (κ2) is 8.03. The lowest BCUT2D eigenvalue weighted by atomic mass is 9.73. The van der Waals surface area contributed by atoms with Gasteiger partial charge >= 0.3 is 0 Å². The zero-order chi connectivity index (χ0) is 22.3. The molecule has 1 amide bonds. The Morgan fingerprint density at radius 1 is 1.23 bits per heavy atom. The molecule has 7 heteroatoms. The molecule has 0 radical (unpaired) electrons. The predicted octanol–water partition coefficient (Wildman–Crippen LogP) is 6.05.